The summed E-state index contributed by atoms with van der Waals surface area (Å²) >= 11 is 0. The summed E-state index contributed by atoms with van der Waals surface area (Å²) in [7, 11) is 0. The number of rotatable bonds is 7. The van der Waals surface area contributed by atoms with Crippen molar-refractivity contribution in [3.63, 3.8) is 0 Å². The molecule has 1 atom stereocenters. The Kier molecular flexibility index (Phi) is 5.96. The minimum Gasteiger partial charge on any atom is -0.493 e. The monoisotopic (exact) mass is 301 g/mol. The third-order valence-corrected chi connectivity index (χ3v) is 3.89. The third-order valence-electron chi connectivity index (χ3n) is 3.89. The van der Waals surface area contributed by atoms with Gasteiger partial charge in [-0.1, -0.05) is 44.2 Å². The van der Waals surface area contributed by atoms with E-state index in [-0.39, 0.29) is 11.7 Å². The molecule has 2 aromatic carbocycles. The normalized spacial score (nSPS) is 12.4. The standard InChI is InChI=1S/C19H24FNO/c1-14(2)15-6-8-16(9-7-15)17(13-21)10-11-22-19-5-3-4-18(20)12-19/h3-9,12,14,17H,10-11,13,21H2,1-2H3. The van der Waals surface area contributed by atoms with E-state index in [2.05, 4.69) is 38.1 Å². The molecule has 2 rings (SSSR count). The largest absolute Gasteiger partial charge is 0.493 e. The van der Waals surface area contributed by atoms with E-state index in [1.807, 2.05) is 0 Å². The molecule has 0 aromatic heterocycles. The fourth-order valence-electron chi connectivity index (χ4n) is 2.45. The van der Waals surface area contributed by atoms with E-state index in [1.54, 1.807) is 12.1 Å². The van der Waals surface area contributed by atoms with Crippen LogP contribution in [0.15, 0.2) is 48.5 Å². The van der Waals surface area contributed by atoms with Crippen molar-refractivity contribution in [2.45, 2.75) is 32.1 Å². The topological polar surface area (TPSA) is 35.2 Å². The Morgan fingerprint density at radius 3 is 2.32 bits per heavy atom. The molecule has 2 N–H and O–H groups in total. The Balaban J connectivity index is 1.91. The molecule has 0 spiro atoms. The van der Waals surface area contributed by atoms with Crippen LogP contribution in [0.3, 0.4) is 0 Å². The van der Waals surface area contributed by atoms with Crippen molar-refractivity contribution in [2.75, 3.05) is 13.2 Å². The third kappa shape index (κ3) is 4.57. The second-order valence-corrected chi connectivity index (χ2v) is 5.85. The molecule has 0 aliphatic carbocycles. The van der Waals surface area contributed by atoms with Crippen LogP contribution in [-0.2, 0) is 0 Å². The highest BCUT2D eigenvalue weighted by Crippen LogP contribution is 2.22. The molecule has 2 nitrogen and oxygen atoms in total. The van der Waals surface area contributed by atoms with Crippen LogP contribution in [0.4, 0.5) is 4.39 Å². The predicted molar refractivity (Wildman–Crippen MR) is 88.8 cm³/mol. The lowest BCUT2D eigenvalue weighted by Crippen LogP contribution is -2.15. The maximum Gasteiger partial charge on any atom is 0.126 e. The van der Waals surface area contributed by atoms with Gasteiger partial charge in [-0.25, -0.2) is 4.39 Å². The molecule has 0 heterocycles. The fourth-order valence-corrected chi connectivity index (χ4v) is 2.45. The molecule has 1 unspecified atom stereocenters. The maximum atomic E-state index is 13.1. The van der Waals surface area contributed by atoms with Crippen LogP contribution in [0.2, 0.25) is 0 Å². The van der Waals surface area contributed by atoms with Gasteiger partial charge in [-0.3, -0.25) is 0 Å². The second-order valence-electron chi connectivity index (χ2n) is 5.85. The van der Waals surface area contributed by atoms with E-state index >= 15 is 0 Å². The molecule has 0 radical (unpaired) electrons. The first-order valence-corrected chi connectivity index (χ1v) is 7.78. The van der Waals surface area contributed by atoms with Gasteiger partial charge in [0.15, 0.2) is 0 Å². The minimum absolute atomic E-state index is 0.259. The van der Waals surface area contributed by atoms with Gasteiger partial charge < -0.3 is 10.5 Å². The number of hydrogen-bond donors (Lipinski definition) is 1. The summed E-state index contributed by atoms with van der Waals surface area (Å²) in [6, 6.07) is 14.8. The highest BCUT2D eigenvalue weighted by atomic mass is 19.1. The molecule has 0 bridgehead atoms. The van der Waals surface area contributed by atoms with Crippen molar-refractivity contribution >= 4 is 0 Å². The van der Waals surface area contributed by atoms with Gasteiger partial charge in [0.05, 0.1) is 6.61 Å². The summed E-state index contributed by atoms with van der Waals surface area (Å²) in [6.45, 7) is 5.47. The molecule has 118 valence electrons. The average molecular weight is 301 g/mol. The van der Waals surface area contributed by atoms with Gasteiger partial charge in [-0.2, -0.15) is 0 Å². The van der Waals surface area contributed by atoms with Crippen LogP contribution < -0.4 is 10.5 Å². The van der Waals surface area contributed by atoms with Crippen LogP contribution in [0.25, 0.3) is 0 Å². The van der Waals surface area contributed by atoms with Gasteiger partial charge in [0.1, 0.15) is 11.6 Å². The number of hydrogen-bond acceptors (Lipinski definition) is 2. The van der Waals surface area contributed by atoms with E-state index in [0.29, 0.717) is 24.8 Å². The summed E-state index contributed by atoms with van der Waals surface area (Å²) in [5, 5.41) is 0. The lowest BCUT2D eigenvalue weighted by atomic mass is 9.93. The SMILES string of the molecule is CC(C)c1ccc(C(CN)CCOc2cccc(F)c2)cc1. The Bertz CT molecular complexity index is 580. The van der Waals surface area contributed by atoms with Crippen LogP contribution >= 0.6 is 0 Å². The van der Waals surface area contributed by atoms with E-state index in [1.165, 1.54) is 23.3 Å². The first-order valence-electron chi connectivity index (χ1n) is 7.78. The van der Waals surface area contributed by atoms with Gasteiger partial charge in [-0.15, -0.1) is 0 Å². The Labute approximate surface area is 132 Å². The zero-order valence-corrected chi connectivity index (χ0v) is 13.3. The van der Waals surface area contributed by atoms with E-state index in [0.717, 1.165) is 6.42 Å². The van der Waals surface area contributed by atoms with E-state index < -0.39 is 0 Å². The highest BCUT2D eigenvalue weighted by Gasteiger charge is 2.10. The molecule has 0 amide bonds. The number of ether oxygens (including phenoxy) is 1. The van der Waals surface area contributed by atoms with Crippen molar-refractivity contribution in [2.24, 2.45) is 5.73 Å². The molecule has 0 saturated carbocycles. The zero-order valence-electron chi connectivity index (χ0n) is 13.3. The molecule has 0 aliphatic rings. The zero-order chi connectivity index (χ0) is 15.9. The molecule has 22 heavy (non-hydrogen) atoms. The van der Waals surface area contributed by atoms with Gasteiger partial charge in [0.25, 0.3) is 0 Å². The average Bonchev–Trinajstić information content (AvgIpc) is 2.52. The van der Waals surface area contributed by atoms with Crippen LogP contribution in [0.5, 0.6) is 5.75 Å². The van der Waals surface area contributed by atoms with Crippen LogP contribution in [0, 0.1) is 5.82 Å². The first kappa shape index (κ1) is 16.5. The summed E-state index contributed by atoms with van der Waals surface area (Å²) in [5.41, 5.74) is 8.45. The summed E-state index contributed by atoms with van der Waals surface area (Å²) in [5.74, 6) is 1.07. The van der Waals surface area contributed by atoms with E-state index in [9.17, 15) is 4.39 Å². The Hall–Kier alpha value is -1.87. The number of halogens is 1. The summed E-state index contributed by atoms with van der Waals surface area (Å²) in [4.78, 5) is 0. The molecular formula is C19H24FNO. The van der Waals surface area contributed by atoms with Gasteiger partial charge in [0.2, 0.25) is 0 Å². The Morgan fingerprint density at radius 2 is 1.73 bits per heavy atom. The minimum atomic E-state index is -0.280. The highest BCUT2D eigenvalue weighted by molar-refractivity contribution is 5.27. The molecule has 0 fully saturated rings. The lowest BCUT2D eigenvalue weighted by molar-refractivity contribution is 0.297. The lowest BCUT2D eigenvalue weighted by Gasteiger charge is -2.17. The summed E-state index contributed by atoms with van der Waals surface area (Å²) < 4.78 is 18.7. The van der Waals surface area contributed by atoms with Crippen molar-refractivity contribution in [1.29, 1.82) is 0 Å². The smallest absolute Gasteiger partial charge is 0.126 e. The quantitative estimate of drug-likeness (QED) is 0.819. The fraction of sp³-hybridized carbons (Fsp3) is 0.368. The molecule has 0 saturated heterocycles. The van der Waals surface area contributed by atoms with Gasteiger partial charge in [-0.05, 0) is 48.1 Å². The van der Waals surface area contributed by atoms with Crippen LogP contribution in [-0.4, -0.2) is 13.2 Å². The summed E-state index contributed by atoms with van der Waals surface area (Å²) in [6.07, 6.45) is 0.814. The predicted octanol–water partition coefficient (Wildman–Crippen LogP) is 4.46. The van der Waals surface area contributed by atoms with Crippen LogP contribution in [0.1, 0.15) is 43.2 Å². The van der Waals surface area contributed by atoms with Crippen molar-refractivity contribution in [3.8, 4) is 5.75 Å². The van der Waals surface area contributed by atoms with Crippen molar-refractivity contribution in [3.05, 3.63) is 65.5 Å². The molecular weight excluding hydrogens is 277 g/mol. The van der Waals surface area contributed by atoms with E-state index in [4.69, 9.17) is 10.5 Å². The first-order chi connectivity index (χ1) is 10.6. The number of benzene rings is 2. The van der Waals surface area contributed by atoms with Gasteiger partial charge >= 0.3 is 0 Å². The second kappa shape index (κ2) is 7.95. The van der Waals surface area contributed by atoms with Crippen molar-refractivity contribution in [1.82, 2.24) is 0 Å². The molecule has 2 aromatic rings. The van der Waals surface area contributed by atoms with Gasteiger partial charge in [0, 0.05) is 6.07 Å². The Morgan fingerprint density at radius 1 is 1.05 bits per heavy atom. The molecule has 0 aliphatic heterocycles. The maximum absolute atomic E-state index is 13.1. The number of nitrogens with two attached hydrogens (primary N) is 1. The molecule has 3 heteroatoms. The van der Waals surface area contributed by atoms with Crippen molar-refractivity contribution < 1.29 is 9.13 Å².